The summed E-state index contributed by atoms with van der Waals surface area (Å²) in [6, 6.07) is 9.19. The summed E-state index contributed by atoms with van der Waals surface area (Å²) in [7, 11) is 0. The monoisotopic (exact) mass is 321 g/mol. The van der Waals surface area contributed by atoms with Gasteiger partial charge in [-0.15, -0.1) is 11.3 Å². The van der Waals surface area contributed by atoms with Crippen molar-refractivity contribution < 1.29 is 0 Å². The first-order valence-corrected chi connectivity index (χ1v) is 7.40. The average Bonchev–Trinajstić information content (AvgIpc) is 2.92. The van der Waals surface area contributed by atoms with Gasteiger partial charge in [0.25, 0.3) is 0 Å². The maximum Gasteiger partial charge on any atom is 0.133 e. The minimum atomic E-state index is 0.475. The highest BCUT2D eigenvalue weighted by molar-refractivity contribution is 7.13. The van der Waals surface area contributed by atoms with Crippen LogP contribution >= 0.6 is 34.5 Å². The van der Waals surface area contributed by atoms with Crippen LogP contribution in [0.5, 0.6) is 0 Å². The second kappa shape index (κ2) is 5.40. The molecule has 3 rings (SSSR count). The van der Waals surface area contributed by atoms with E-state index in [1.165, 1.54) is 11.3 Å². The molecule has 0 amide bonds. The SMILES string of the molecule is Nc1ncccc1-c1nc(-c2ccc(Cl)c(Cl)c2)cs1. The Morgan fingerprint density at radius 2 is 1.95 bits per heavy atom. The summed E-state index contributed by atoms with van der Waals surface area (Å²) in [5, 5.41) is 3.83. The molecule has 2 aromatic heterocycles. The number of aromatic nitrogens is 2. The molecule has 1 aromatic carbocycles. The highest BCUT2D eigenvalue weighted by atomic mass is 35.5. The number of nitrogens with two attached hydrogens (primary N) is 1. The molecule has 0 unspecified atom stereocenters. The fourth-order valence-corrected chi connectivity index (χ4v) is 2.94. The Morgan fingerprint density at radius 3 is 2.70 bits per heavy atom. The van der Waals surface area contributed by atoms with Crippen molar-refractivity contribution in [3.63, 3.8) is 0 Å². The van der Waals surface area contributed by atoms with Crippen LogP contribution in [0.3, 0.4) is 0 Å². The molecule has 2 N–H and O–H groups in total. The molecule has 0 spiro atoms. The highest BCUT2D eigenvalue weighted by Gasteiger charge is 2.10. The third kappa shape index (κ3) is 2.50. The number of halogens is 2. The van der Waals surface area contributed by atoms with E-state index in [1.54, 1.807) is 18.3 Å². The summed E-state index contributed by atoms with van der Waals surface area (Å²) in [6.07, 6.45) is 1.66. The molecule has 20 heavy (non-hydrogen) atoms. The van der Waals surface area contributed by atoms with E-state index in [0.29, 0.717) is 15.9 Å². The van der Waals surface area contributed by atoms with Crippen molar-refractivity contribution in [2.24, 2.45) is 0 Å². The van der Waals surface area contributed by atoms with Crippen LogP contribution in [0.4, 0.5) is 5.82 Å². The van der Waals surface area contributed by atoms with Crippen LogP contribution in [0, 0.1) is 0 Å². The van der Waals surface area contributed by atoms with E-state index in [-0.39, 0.29) is 0 Å². The standard InChI is InChI=1S/C14H9Cl2N3S/c15-10-4-3-8(6-11(10)16)12-7-20-14(19-12)9-2-1-5-18-13(9)17/h1-7H,(H2,17,18). The second-order valence-corrected chi connectivity index (χ2v) is 5.78. The highest BCUT2D eigenvalue weighted by Crippen LogP contribution is 2.33. The van der Waals surface area contributed by atoms with Crippen LogP contribution in [0.25, 0.3) is 21.8 Å². The number of benzene rings is 1. The predicted molar refractivity (Wildman–Crippen MR) is 85.2 cm³/mol. The normalized spacial score (nSPS) is 10.7. The maximum absolute atomic E-state index is 6.03. The Balaban J connectivity index is 2.02. The Labute approximate surface area is 130 Å². The van der Waals surface area contributed by atoms with Gasteiger partial charge in [-0.25, -0.2) is 9.97 Å². The molecule has 2 heterocycles. The fraction of sp³-hybridized carbons (Fsp3) is 0. The van der Waals surface area contributed by atoms with Gasteiger partial charge in [0.2, 0.25) is 0 Å². The van der Waals surface area contributed by atoms with Crippen molar-refractivity contribution in [1.82, 2.24) is 9.97 Å². The van der Waals surface area contributed by atoms with E-state index in [2.05, 4.69) is 9.97 Å². The van der Waals surface area contributed by atoms with Gasteiger partial charge in [-0.1, -0.05) is 29.3 Å². The van der Waals surface area contributed by atoms with E-state index < -0.39 is 0 Å². The van der Waals surface area contributed by atoms with Gasteiger partial charge in [0, 0.05) is 17.1 Å². The number of hydrogen-bond acceptors (Lipinski definition) is 4. The fourth-order valence-electron chi connectivity index (χ4n) is 1.78. The molecule has 6 heteroatoms. The van der Waals surface area contributed by atoms with Gasteiger partial charge >= 0.3 is 0 Å². The molecule has 0 aliphatic heterocycles. The van der Waals surface area contributed by atoms with Crippen molar-refractivity contribution in [1.29, 1.82) is 0 Å². The first kappa shape index (κ1) is 13.4. The number of nitrogen functional groups attached to an aromatic ring is 1. The van der Waals surface area contributed by atoms with E-state index in [4.69, 9.17) is 28.9 Å². The van der Waals surface area contributed by atoms with Crippen molar-refractivity contribution in [2.45, 2.75) is 0 Å². The summed E-state index contributed by atoms with van der Waals surface area (Å²) in [5.74, 6) is 0.475. The van der Waals surface area contributed by atoms with E-state index in [0.717, 1.165) is 21.8 Å². The molecule has 0 bridgehead atoms. The number of pyridine rings is 1. The minimum absolute atomic E-state index is 0.475. The van der Waals surface area contributed by atoms with Crippen LogP contribution in [0.1, 0.15) is 0 Å². The molecule has 3 aromatic rings. The van der Waals surface area contributed by atoms with Crippen LogP contribution in [0.15, 0.2) is 41.9 Å². The van der Waals surface area contributed by atoms with Crippen LogP contribution in [0.2, 0.25) is 10.0 Å². The summed E-state index contributed by atoms with van der Waals surface area (Å²) in [4.78, 5) is 8.65. The zero-order chi connectivity index (χ0) is 14.1. The lowest BCUT2D eigenvalue weighted by Gasteiger charge is -2.01. The minimum Gasteiger partial charge on any atom is -0.383 e. The Morgan fingerprint density at radius 1 is 1.10 bits per heavy atom. The van der Waals surface area contributed by atoms with Crippen LogP contribution in [-0.4, -0.2) is 9.97 Å². The van der Waals surface area contributed by atoms with Crippen molar-refractivity contribution in [2.75, 3.05) is 5.73 Å². The first-order chi connectivity index (χ1) is 9.65. The third-order valence-corrected chi connectivity index (χ3v) is 4.40. The first-order valence-electron chi connectivity index (χ1n) is 5.77. The number of thiazole rings is 1. The second-order valence-electron chi connectivity index (χ2n) is 4.10. The molecule has 0 saturated heterocycles. The van der Waals surface area contributed by atoms with Crippen molar-refractivity contribution >= 4 is 40.4 Å². The number of hydrogen-bond donors (Lipinski definition) is 1. The lowest BCUT2D eigenvalue weighted by molar-refractivity contribution is 1.32. The van der Waals surface area contributed by atoms with Crippen molar-refractivity contribution in [3.8, 4) is 21.8 Å². The quantitative estimate of drug-likeness (QED) is 0.740. The molecule has 0 radical (unpaired) electrons. The van der Waals surface area contributed by atoms with Gasteiger partial charge in [-0.05, 0) is 24.3 Å². The van der Waals surface area contributed by atoms with Crippen LogP contribution < -0.4 is 5.73 Å². The van der Waals surface area contributed by atoms with E-state index in [9.17, 15) is 0 Å². The van der Waals surface area contributed by atoms with Gasteiger partial charge in [0.15, 0.2) is 0 Å². The molecular formula is C14H9Cl2N3S. The molecule has 0 atom stereocenters. The van der Waals surface area contributed by atoms with Gasteiger partial charge in [0.1, 0.15) is 10.8 Å². The summed E-state index contributed by atoms with van der Waals surface area (Å²) in [5.41, 5.74) is 8.46. The van der Waals surface area contributed by atoms with Crippen LogP contribution in [-0.2, 0) is 0 Å². The molecule has 0 aliphatic rings. The molecule has 0 saturated carbocycles. The summed E-state index contributed by atoms with van der Waals surface area (Å²) in [6.45, 7) is 0. The largest absolute Gasteiger partial charge is 0.383 e. The number of nitrogens with zero attached hydrogens (tertiary/aromatic N) is 2. The Hall–Kier alpha value is -1.62. The molecule has 0 fully saturated rings. The van der Waals surface area contributed by atoms with Gasteiger partial charge < -0.3 is 5.73 Å². The van der Waals surface area contributed by atoms with Gasteiger partial charge in [0.05, 0.1) is 21.3 Å². The zero-order valence-corrected chi connectivity index (χ0v) is 12.5. The van der Waals surface area contributed by atoms with Gasteiger partial charge in [-0.2, -0.15) is 0 Å². The molecule has 0 aliphatic carbocycles. The summed E-state index contributed by atoms with van der Waals surface area (Å²) < 4.78 is 0. The van der Waals surface area contributed by atoms with Gasteiger partial charge in [-0.3, -0.25) is 0 Å². The Kier molecular flexibility index (Phi) is 3.61. The average molecular weight is 322 g/mol. The van der Waals surface area contributed by atoms with E-state index >= 15 is 0 Å². The third-order valence-electron chi connectivity index (χ3n) is 2.79. The lowest BCUT2D eigenvalue weighted by atomic mass is 10.2. The zero-order valence-electron chi connectivity index (χ0n) is 10.2. The van der Waals surface area contributed by atoms with E-state index in [1.807, 2.05) is 23.6 Å². The predicted octanol–water partition coefficient (Wildman–Crippen LogP) is 4.76. The molecule has 3 nitrogen and oxygen atoms in total. The number of anilines is 1. The summed E-state index contributed by atoms with van der Waals surface area (Å²) >= 11 is 13.5. The van der Waals surface area contributed by atoms with Crippen molar-refractivity contribution in [3.05, 3.63) is 52.0 Å². The topological polar surface area (TPSA) is 51.8 Å². The lowest BCUT2D eigenvalue weighted by Crippen LogP contribution is -1.92. The molecule has 100 valence electrons. The number of rotatable bonds is 2. The molecular weight excluding hydrogens is 313 g/mol. The smallest absolute Gasteiger partial charge is 0.133 e. The Bertz CT molecular complexity index is 771. The maximum atomic E-state index is 6.03.